The van der Waals surface area contributed by atoms with E-state index in [2.05, 4.69) is 5.32 Å². The van der Waals surface area contributed by atoms with Gasteiger partial charge >= 0.3 is 0 Å². The van der Waals surface area contributed by atoms with Crippen LogP contribution >= 0.6 is 11.6 Å². The van der Waals surface area contributed by atoms with Crippen LogP contribution < -0.4 is 5.32 Å². The van der Waals surface area contributed by atoms with Crippen LogP contribution in [-0.2, 0) is 28.0 Å². The molecule has 2 rings (SSSR count). The fourth-order valence-electron chi connectivity index (χ4n) is 1.87. The van der Waals surface area contributed by atoms with Crippen LogP contribution in [0.25, 0.3) is 0 Å². The van der Waals surface area contributed by atoms with Crippen molar-refractivity contribution in [3.8, 4) is 0 Å². The summed E-state index contributed by atoms with van der Waals surface area (Å²) in [6.45, 7) is -0.0242. The van der Waals surface area contributed by atoms with Crippen LogP contribution in [0.4, 0.5) is 5.69 Å². The van der Waals surface area contributed by atoms with Crippen molar-refractivity contribution in [2.24, 2.45) is 0 Å². The second-order valence-electron chi connectivity index (χ2n) is 4.73. The van der Waals surface area contributed by atoms with Crippen molar-refractivity contribution in [2.45, 2.75) is 12.4 Å². The number of carbonyl (C=O) groups is 1. The molecule has 1 amide bonds. The maximum absolute atomic E-state index is 12.0. The first-order valence-corrected chi connectivity index (χ1v) is 8.53. The fraction of sp³-hybridized carbons (Fsp3) is 0.188. The molecule has 0 radical (unpaired) electrons. The molecule has 0 aliphatic heterocycles. The number of nitrogens with one attached hydrogen (secondary N) is 1. The predicted molar refractivity (Wildman–Crippen MR) is 89.2 cm³/mol. The molecule has 4 nitrogen and oxygen atoms in total. The van der Waals surface area contributed by atoms with E-state index in [9.17, 15) is 9.00 Å². The number of aliphatic hydroxyl groups excluding tert-OH is 1. The largest absolute Gasteiger partial charge is 0.392 e. The van der Waals surface area contributed by atoms with E-state index in [1.165, 1.54) is 0 Å². The molecule has 2 aromatic carbocycles. The SMILES string of the molecule is O=C(CS(=O)Cc1ccc(CO)cc1)Nc1ccccc1Cl. The van der Waals surface area contributed by atoms with Crippen LogP contribution in [0.1, 0.15) is 11.1 Å². The molecule has 116 valence electrons. The van der Waals surface area contributed by atoms with Crippen molar-refractivity contribution < 1.29 is 14.1 Å². The maximum Gasteiger partial charge on any atom is 0.237 e. The molecule has 0 aliphatic carbocycles. The molecule has 0 aliphatic rings. The molecule has 2 N–H and O–H groups in total. The Bertz CT molecular complexity index is 673. The highest BCUT2D eigenvalue weighted by Crippen LogP contribution is 2.20. The van der Waals surface area contributed by atoms with Gasteiger partial charge < -0.3 is 10.4 Å². The van der Waals surface area contributed by atoms with Crippen molar-refractivity contribution >= 4 is 34.0 Å². The summed E-state index contributed by atoms with van der Waals surface area (Å²) in [5.74, 6) is -0.132. The quantitative estimate of drug-likeness (QED) is 0.851. The second kappa shape index (κ2) is 8.08. The molecule has 0 spiro atoms. The van der Waals surface area contributed by atoms with Gasteiger partial charge in [-0.25, -0.2) is 0 Å². The molecule has 1 unspecified atom stereocenters. The average Bonchev–Trinajstić information content (AvgIpc) is 2.50. The average molecular weight is 338 g/mol. The second-order valence-corrected chi connectivity index (χ2v) is 6.60. The van der Waals surface area contributed by atoms with Crippen molar-refractivity contribution in [2.75, 3.05) is 11.1 Å². The maximum atomic E-state index is 12.0. The number of rotatable bonds is 6. The van der Waals surface area contributed by atoms with Crippen molar-refractivity contribution in [3.63, 3.8) is 0 Å². The molecule has 2 aromatic rings. The van der Waals surface area contributed by atoms with Crippen LogP contribution in [0.3, 0.4) is 0 Å². The van der Waals surface area contributed by atoms with Gasteiger partial charge in [-0.3, -0.25) is 9.00 Å². The van der Waals surface area contributed by atoms with E-state index in [-0.39, 0.29) is 18.3 Å². The molecular formula is C16H16ClNO3S. The Morgan fingerprint density at radius 1 is 1.09 bits per heavy atom. The van der Waals surface area contributed by atoms with E-state index in [0.717, 1.165) is 11.1 Å². The highest BCUT2D eigenvalue weighted by molar-refractivity contribution is 7.84. The third kappa shape index (κ3) is 4.94. The van der Waals surface area contributed by atoms with Crippen LogP contribution in [0.2, 0.25) is 5.02 Å². The molecular weight excluding hydrogens is 322 g/mol. The molecule has 0 bridgehead atoms. The Kier molecular flexibility index (Phi) is 6.12. The Balaban J connectivity index is 1.88. The fourth-order valence-corrected chi connectivity index (χ4v) is 3.09. The number of benzene rings is 2. The Labute approximate surface area is 136 Å². The van der Waals surface area contributed by atoms with Gasteiger partial charge in [0, 0.05) is 16.6 Å². The molecule has 0 saturated heterocycles. The zero-order chi connectivity index (χ0) is 15.9. The summed E-state index contributed by atoms with van der Waals surface area (Å²) >= 11 is 5.95. The van der Waals surface area contributed by atoms with Gasteiger partial charge in [-0.05, 0) is 23.3 Å². The van der Waals surface area contributed by atoms with E-state index in [0.29, 0.717) is 16.5 Å². The number of anilines is 1. The normalized spacial score (nSPS) is 11.9. The lowest BCUT2D eigenvalue weighted by atomic mass is 10.2. The highest BCUT2D eigenvalue weighted by atomic mass is 35.5. The Morgan fingerprint density at radius 2 is 1.73 bits per heavy atom. The zero-order valence-corrected chi connectivity index (χ0v) is 13.4. The summed E-state index contributed by atoms with van der Waals surface area (Å²) in [7, 11) is -1.31. The van der Waals surface area contributed by atoms with Gasteiger partial charge in [0.15, 0.2) is 0 Å². The third-order valence-electron chi connectivity index (χ3n) is 2.97. The van der Waals surface area contributed by atoms with Crippen LogP contribution in [0.5, 0.6) is 0 Å². The van der Waals surface area contributed by atoms with E-state index >= 15 is 0 Å². The number of carbonyl (C=O) groups excluding carboxylic acids is 1. The Morgan fingerprint density at radius 3 is 2.36 bits per heavy atom. The first-order chi connectivity index (χ1) is 10.6. The van der Waals surface area contributed by atoms with Crippen LogP contribution in [-0.4, -0.2) is 21.0 Å². The summed E-state index contributed by atoms with van der Waals surface area (Å²) in [4.78, 5) is 11.9. The van der Waals surface area contributed by atoms with Gasteiger partial charge in [0.05, 0.1) is 17.3 Å². The van der Waals surface area contributed by atoms with Gasteiger partial charge in [-0.2, -0.15) is 0 Å². The summed E-state index contributed by atoms with van der Waals surface area (Å²) in [6, 6.07) is 14.1. The number of aliphatic hydroxyl groups is 1. The van der Waals surface area contributed by atoms with Crippen LogP contribution in [0.15, 0.2) is 48.5 Å². The smallest absolute Gasteiger partial charge is 0.237 e. The summed E-state index contributed by atoms with van der Waals surface area (Å²) in [5.41, 5.74) is 2.17. The number of halogens is 1. The molecule has 0 aromatic heterocycles. The number of amides is 1. The monoisotopic (exact) mass is 337 g/mol. The number of hydrogen-bond acceptors (Lipinski definition) is 3. The van der Waals surface area contributed by atoms with E-state index in [1.54, 1.807) is 48.5 Å². The minimum absolute atomic E-state index is 0.0242. The van der Waals surface area contributed by atoms with Gasteiger partial charge in [0.2, 0.25) is 5.91 Å². The number of para-hydroxylation sites is 1. The van der Waals surface area contributed by atoms with Crippen molar-refractivity contribution in [3.05, 3.63) is 64.7 Å². The van der Waals surface area contributed by atoms with Crippen LogP contribution in [0, 0.1) is 0 Å². The van der Waals surface area contributed by atoms with Crippen molar-refractivity contribution in [1.82, 2.24) is 0 Å². The topological polar surface area (TPSA) is 66.4 Å². The zero-order valence-electron chi connectivity index (χ0n) is 11.8. The predicted octanol–water partition coefficient (Wildman–Crippen LogP) is 2.72. The van der Waals surface area contributed by atoms with Gasteiger partial charge in [-0.1, -0.05) is 48.0 Å². The lowest BCUT2D eigenvalue weighted by Gasteiger charge is -2.07. The first kappa shape index (κ1) is 16.7. The van der Waals surface area contributed by atoms with E-state index < -0.39 is 10.8 Å². The number of hydrogen-bond donors (Lipinski definition) is 2. The van der Waals surface area contributed by atoms with Crippen molar-refractivity contribution in [1.29, 1.82) is 0 Å². The summed E-state index contributed by atoms with van der Waals surface area (Å²) in [6.07, 6.45) is 0. The minimum atomic E-state index is -1.31. The van der Waals surface area contributed by atoms with Gasteiger partial charge in [0.1, 0.15) is 5.75 Å². The van der Waals surface area contributed by atoms with Gasteiger partial charge in [-0.15, -0.1) is 0 Å². The van der Waals surface area contributed by atoms with E-state index in [1.807, 2.05) is 0 Å². The molecule has 1 atom stereocenters. The molecule has 0 fully saturated rings. The molecule has 0 heterocycles. The Hall–Kier alpha value is -1.69. The highest BCUT2D eigenvalue weighted by Gasteiger charge is 2.10. The molecule has 0 saturated carbocycles. The molecule has 22 heavy (non-hydrogen) atoms. The third-order valence-corrected chi connectivity index (χ3v) is 4.54. The lowest BCUT2D eigenvalue weighted by Crippen LogP contribution is -2.20. The van der Waals surface area contributed by atoms with E-state index in [4.69, 9.17) is 16.7 Å². The van der Waals surface area contributed by atoms with Gasteiger partial charge in [0.25, 0.3) is 0 Å². The first-order valence-electron chi connectivity index (χ1n) is 6.66. The summed E-state index contributed by atoms with van der Waals surface area (Å²) < 4.78 is 12.0. The standard InChI is InChI=1S/C16H16ClNO3S/c17-14-3-1-2-4-15(14)18-16(20)11-22(21)10-13-7-5-12(9-19)6-8-13/h1-8,19H,9-11H2,(H,18,20). The lowest BCUT2D eigenvalue weighted by molar-refractivity contribution is -0.113. The molecule has 6 heteroatoms. The summed E-state index contributed by atoms with van der Waals surface area (Å²) in [5, 5.41) is 12.1. The minimum Gasteiger partial charge on any atom is -0.392 e.